The Kier molecular flexibility index (Phi) is 5.71. The average molecular weight is 351 g/mol. The topological polar surface area (TPSA) is 66.4 Å². The number of carbonyl (C=O) groups excluding carboxylic acids is 1. The van der Waals surface area contributed by atoms with E-state index in [9.17, 15) is 14.7 Å². The first-order chi connectivity index (χ1) is 12.6. The van der Waals surface area contributed by atoms with E-state index in [4.69, 9.17) is 0 Å². The fourth-order valence-electron chi connectivity index (χ4n) is 3.78. The summed E-state index contributed by atoms with van der Waals surface area (Å²) in [6, 6.07) is 15.8. The van der Waals surface area contributed by atoms with Crippen molar-refractivity contribution in [2.45, 2.75) is 51.0 Å². The number of benzene rings is 2. The number of carboxylic acid groups (broad SMARTS) is 1. The molecule has 1 atom stereocenters. The van der Waals surface area contributed by atoms with Gasteiger partial charge in [-0.3, -0.25) is 4.79 Å². The molecule has 2 aromatic rings. The molecule has 0 aliphatic heterocycles. The third-order valence-corrected chi connectivity index (χ3v) is 5.10. The van der Waals surface area contributed by atoms with E-state index in [-0.39, 0.29) is 11.8 Å². The van der Waals surface area contributed by atoms with Gasteiger partial charge in [0.1, 0.15) is 6.04 Å². The van der Waals surface area contributed by atoms with E-state index in [0.717, 1.165) is 12.8 Å². The molecule has 0 saturated heterocycles. The van der Waals surface area contributed by atoms with Gasteiger partial charge in [-0.15, -0.1) is 0 Å². The molecule has 4 heteroatoms. The number of amides is 1. The summed E-state index contributed by atoms with van der Waals surface area (Å²) in [5.74, 6) is -0.953. The van der Waals surface area contributed by atoms with Crippen molar-refractivity contribution < 1.29 is 14.7 Å². The van der Waals surface area contributed by atoms with Crippen LogP contribution < -0.4 is 5.32 Å². The van der Waals surface area contributed by atoms with E-state index in [1.807, 2.05) is 31.2 Å². The van der Waals surface area contributed by atoms with Crippen LogP contribution in [0.3, 0.4) is 0 Å². The molecule has 0 heterocycles. The Hall–Kier alpha value is -2.62. The number of hydrogen-bond donors (Lipinski definition) is 2. The Morgan fingerprint density at radius 3 is 2.15 bits per heavy atom. The van der Waals surface area contributed by atoms with Crippen molar-refractivity contribution in [2.75, 3.05) is 0 Å². The van der Waals surface area contributed by atoms with Gasteiger partial charge in [0.25, 0.3) is 0 Å². The smallest absolute Gasteiger partial charge is 0.326 e. The van der Waals surface area contributed by atoms with Crippen LogP contribution in [0.25, 0.3) is 11.1 Å². The second-order valence-corrected chi connectivity index (χ2v) is 6.87. The van der Waals surface area contributed by atoms with Crippen LogP contribution in [0.2, 0.25) is 0 Å². The highest BCUT2D eigenvalue weighted by molar-refractivity contribution is 5.84. The Morgan fingerprint density at radius 1 is 1.04 bits per heavy atom. The fourth-order valence-corrected chi connectivity index (χ4v) is 3.78. The lowest BCUT2D eigenvalue weighted by Gasteiger charge is -2.16. The fraction of sp³-hybridized carbons (Fsp3) is 0.364. The third-order valence-electron chi connectivity index (χ3n) is 5.10. The van der Waals surface area contributed by atoms with Crippen molar-refractivity contribution in [3.8, 4) is 11.1 Å². The molecule has 0 aromatic heterocycles. The maximum Gasteiger partial charge on any atom is 0.326 e. The van der Waals surface area contributed by atoms with Gasteiger partial charge in [-0.05, 0) is 35.1 Å². The highest BCUT2D eigenvalue weighted by Gasteiger charge is 2.28. The van der Waals surface area contributed by atoms with Crippen molar-refractivity contribution in [3.63, 3.8) is 0 Å². The number of carboxylic acids is 1. The average Bonchev–Trinajstić information content (AvgIpc) is 2.97. The zero-order valence-corrected chi connectivity index (χ0v) is 15.1. The van der Waals surface area contributed by atoms with Gasteiger partial charge in [-0.2, -0.15) is 0 Å². The van der Waals surface area contributed by atoms with Crippen LogP contribution in [-0.4, -0.2) is 23.0 Å². The minimum Gasteiger partial charge on any atom is -0.480 e. The lowest BCUT2D eigenvalue weighted by Crippen LogP contribution is -2.40. The summed E-state index contributed by atoms with van der Waals surface area (Å²) >= 11 is 0. The molecule has 0 fully saturated rings. The summed E-state index contributed by atoms with van der Waals surface area (Å²) in [6.07, 6.45) is 3.19. The molecule has 4 nitrogen and oxygen atoms in total. The first kappa shape index (κ1) is 18.2. The molecule has 1 aliphatic carbocycles. The monoisotopic (exact) mass is 351 g/mol. The predicted octanol–water partition coefficient (Wildman–Crippen LogP) is 4.34. The summed E-state index contributed by atoms with van der Waals surface area (Å²) in [4.78, 5) is 23.6. The highest BCUT2D eigenvalue weighted by Crippen LogP contribution is 2.46. The van der Waals surface area contributed by atoms with Gasteiger partial charge in [-0.25, -0.2) is 4.79 Å². The quantitative estimate of drug-likeness (QED) is 0.743. The van der Waals surface area contributed by atoms with E-state index in [0.29, 0.717) is 19.3 Å². The number of fused-ring (bicyclic) bond motifs is 3. The normalized spacial score (nSPS) is 13.7. The number of carbonyl (C=O) groups is 2. The van der Waals surface area contributed by atoms with Crippen LogP contribution in [0, 0.1) is 0 Å². The van der Waals surface area contributed by atoms with Crippen molar-refractivity contribution in [1.29, 1.82) is 0 Å². The lowest BCUT2D eigenvalue weighted by molar-refractivity contribution is -0.142. The first-order valence-corrected chi connectivity index (χ1v) is 9.32. The number of rotatable bonds is 8. The van der Waals surface area contributed by atoms with Crippen LogP contribution in [-0.2, 0) is 9.59 Å². The summed E-state index contributed by atoms with van der Waals surface area (Å²) in [5, 5.41) is 12.0. The molecule has 26 heavy (non-hydrogen) atoms. The van der Waals surface area contributed by atoms with E-state index >= 15 is 0 Å². The number of nitrogens with one attached hydrogen (secondary N) is 1. The summed E-state index contributed by atoms with van der Waals surface area (Å²) < 4.78 is 0. The van der Waals surface area contributed by atoms with Gasteiger partial charge in [0, 0.05) is 12.3 Å². The first-order valence-electron chi connectivity index (χ1n) is 9.32. The second kappa shape index (κ2) is 8.17. The molecular formula is C22H25NO3. The predicted molar refractivity (Wildman–Crippen MR) is 102 cm³/mol. The van der Waals surface area contributed by atoms with Crippen LogP contribution >= 0.6 is 0 Å². The van der Waals surface area contributed by atoms with Crippen LogP contribution in [0.4, 0.5) is 0 Å². The minimum absolute atomic E-state index is 0.185. The van der Waals surface area contributed by atoms with E-state index in [2.05, 4.69) is 29.6 Å². The molecule has 136 valence electrons. The Bertz CT molecular complexity index is 754. The standard InChI is InChI=1S/C22H25NO3/c1-2-3-12-20(22(25)26)23-21(24)14-13-19-17-10-6-4-8-15(17)16-9-5-7-11-18(16)19/h4-11,19-20H,2-3,12-14H2,1H3,(H,23,24)(H,25,26)/t20-/m0/s1. The lowest BCUT2D eigenvalue weighted by atomic mass is 9.92. The van der Waals surface area contributed by atoms with E-state index in [1.165, 1.54) is 22.3 Å². The van der Waals surface area contributed by atoms with Gasteiger partial charge in [-0.1, -0.05) is 68.3 Å². The molecule has 0 saturated carbocycles. The molecular weight excluding hydrogens is 326 g/mol. The molecule has 2 N–H and O–H groups in total. The Morgan fingerprint density at radius 2 is 1.62 bits per heavy atom. The summed E-state index contributed by atoms with van der Waals surface area (Å²) in [6.45, 7) is 2.01. The molecule has 0 unspecified atom stereocenters. The Labute approximate surface area is 154 Å². The van der Waals surface area contributed by atoms with Crippen LogP contribution in [0.15, 0.2) is 48.5 Å². The zero-order chi connectivity index (χ0) is 18.5. The Balaban J connectivity index is 1.68. The van der Waals surface area contributed by atoms with Crippen molar-refractivity contribution in [2.24, 2.45) is 0 Å². The number of aliphatic carboxylic acids is 1. The number of unbranched alkanes of at least 4 members (excludes halogenated alkanes) is 1. The maximum atomic E-state index is 12.3. The molecule has 0 radical (unpaired) electrons. The highest BCUT2D eigenvalue weighted by atomic mass is 16.4. The van der Waals surface area contributed by atoms with Gasteiger partial charge >= 0.3 is 5.97 Å². The third kappa shape index (κ3) is 3.79. The summed E-state index contributed by atoms with van der Waals surface area (Å²) in [5.41, 5.74) is 4.98. The summed E-state index contributed by atoms with van der Waals surface area (Å²) in [7, 11) is 0. The minimum atomic E-state index is -0.955. The number of hydrogen-bond acceptors (Lipinski definition) is 2. The van der Waals surface area contributed by atoms with E-state index in [1.54, 1.807) is 0 Å². The van der Waals surface area contributed by atoms with Crippen molar-refractivity contribution in [3.05, 3.63) is 59.7 Å². The van der Waals surface area contributed by atoms with Gasteiger partial charge in [0.05, 0.1) is 0 Å². The second-order valence-electron chi connectivity index (χ2n) is 6.87. The van der Waals surface area contributed by atoms with Gasteiger partial charge in [0.2, 0.25) is 5.91 Å². The zero-order valence-electron chi connectivity index (χ0n) is 15.1. The molecule has 2 aromatic carbocycles. The SMILES string of the molecule is CCCC[C@H](NC(=O)CCC1c2ccccc2-c2ccccc21)C(=O)O. The molecule has 0 bridgehead atoms. The molecule has 0 spiro atoms. The van der Waals surface area contributed by atoms with Crippen molar-refractivity contribution in [1.82, 2.24) is 5.32 Å². The van der Waals surface area contributed by atoms with Crippen LogP contribution in [0.5, 0.6) is 0 Å². The van der Waals surface area contributed by atoms with Gasteiger partial charge < -0.3 is 10.4 Å². The van der Waals surface area contributed by atoms with Crippen LogP contribution in [0.1, 0.15) is 56.1 Å². The van der Waals surface area contributed by atoms with E-state index < -0.39 is 12.0 Å². The largest absolute Gasteiger partial charge is 0.480 e. The van der Waals surface area contributed by atoms with Crippen molar-refractivity contribution >= 4 is 11.9 Å². The molecule has 1 aliphatic rings. The maximum absolute atomic E-state index is 12.3. The molecule has 1 amide bonds. The molecule has 3 rings (SSSR count). The van der Waals surface area contributed by atoms with Gasteiger partial charge in [0.15, 0.2) is 0 Å².